The predicted octanol–water partition coefficient (Wildman–Crippen LogP) is 3.99. The van der Waals surface area contributed by atoms with Gasteiger partial charge in [0.05, 0.1) is 17.0 Å². The molecule has 0 aliphatic rings. The molecule has 0 fully saturated rings. The number of carbonyl (C=O) groups excluding carboxylic acids is 2. The number of ether oxygens (including phenoxy) is 1. The van der Waals surface area contributed by atoms with Crippen molar-refractivity contribution in [1.82, 2.24) is 10.2 Å². The topological polar surface area (TPSA) is 70.7 Å². The van der Waals surface area contributed by atoms with Gasteiger partial charge in [0, 0.05) is 25.3 Å². The number of nitrogens with one attached hydrogen (secondary N) is 2. The van der Waals surface area contributed by atoms with E-state index in [1.54, 1.807) is 37.2 Å². The van der Waals surface area contributed by atoms with Gasteiger partial charge in [0.2, 0.25) is 5.91 Å². The van der Waals surface area contributed by atoms with E-state index in [2.05, 4.69) is 26.6 Å². The third-order valence-electron chi connectivity index (χ3n) is 3.85. The molecule has 0 radical (unpaired) electrons. The predicted molar refractivity (Wildman–Crippen MR) is 122 cm³/mol. The summed E-state index contributed by atoms with van der Waals surface area (Å²) in [6.07, 6.45) is 0.370. The van der Waals surface area contributed by atoms with E-state index in [4.69, 9.17) is 17.0 Å². The number of anilines is 1. The molecule has 0 bridgehead atoms. The standard InChI is InChI=1S/C21H24BrN3O3S/c1-13(2)28-18-10-7-15(12-17(18)22)20(27)24-21(29)23-16-8-5-14(6-9-16)11-19(26)25(3)4/h5-10,12-13H,11H2,1-4H3,(H2,23,24,27,29). The molecule has 0 saturated heterocycles. The fraction of sp³-hybridized carbons (Fsp3) is 0.286. The molecular formula is C21H24BrN3O3S. The van der Waals surface area contributed by atoms with Crippen LogP contribution in [-0.4, -0.2) is 42.0 Å². The summed E-state index contributed by atoms with van der Waals surface area (Å²) in [5.41, 5.74) is 2.07. The van der Waals surface area contributed by atoms with Crippen molar-refractivity contribution in [2.75, 3.05) is 19.4 Å². The highest BCUT2D eigenvalue weighted by atomic mass is 79.9. The molecule has 2 aromatic carbocycles. The van der Waals surface area contributed by atoms with Gasteiger partial charge in [0.25, 0.3) is 5.91 Å². The molecule has 0 saturated carbocycles. The van der Waals surface area contributed by atoms with Crippen molar-refractivity contribution in [1.29, 1.82) is 0 Å². The smallest absolute Gasteiger partial charge is 0.257 e. The van der Waals surface area contributed by atoms with Gasteiger partial charge in [-0.1, -0.05) is 12.1 Å². The van der Waals surface area contributed by atoms with Crippen molar-refractivity contribution in [2.24, 2.45) is 0 Å². The SMILES string of the molecule is CC(C)Oc1ccc(C(=O)NC(=S)Nc2ccc(CC(=O)N(C)C)cc2)cc1Br. The van der Waals surface area contributed by atoms with Crippen LogP contribution in [0.25, 0.3) is 0 Å². The zero-order valence-corrected chi connectivity index (χ0v) is 19.2. The zero-order chi connectivity index (χ0) is 21.6. The molecule has 2 aromatic rings. The number of carbonyl (C=O) groups is 2. The minimum Gasteiger partial charge on any atom is -0.490 e. The first-order valence-corrected chi connectivity index (χ1v) is 10.2. The molecule has 0 atom stereocenters. The van der Waals surface area contributed by atoms with E-state index in [0.29, 0.717) is 22.2 Å². The van der Waals surface area contributed by atoms with E-state index in [0.717, 1.165) is 11.3 Å². The van der Waals surface area contributed by atoms with Gasteiger partial charge in [-0.15, -0.1) is 0 Å². The number of thiocarbonyl (C=S) groups is 1. The van der Waals surface area contributed by atoms with E-state index in [-0.39, 0.29) is 23.0 Å². The molecule has 29 heavy (non-hydrogen) atoms. The number of rotatable bonds is 6. The van der Waals surface area contributed by atoms with E-state index < -0.39 is 0 Å². The highest BCUT2D eigenvalue weighted by Crippen LogP contribution is 2.27. The lowest BCUT2D eigenvalue weighted by Crippen LogP contribution is -2.34. The molecule has 154 valence electrons. The fourth-order valence-corrected chi connectivity index (χ4v) is 3.05. The molecule has 0 spiro atoms. The third-order valence-corrected chi connectivity index (χ3v) is 4.67. The quantitative estimate of drug-likeness (QED) is 0.615. The maximum absolute atomic E-state index is 12.4. The van der Waals surface area contributed by atoms with Crippen molar-refractivity contribution >= 4 is 50.8 Å². The normalized spacial score (nSPS) is 10.4. The first-order chi connectivity index (χ1) is 13.7. The average molecular weight is 478 g/mol. The van der Waals surface area contributed by atoms with E-state index >= 15 is 0 Å². The molecule has 2 amide bonds. The number of nitrogens with zero attached hydrogens (tertiary/aromatic N) is 1. The lowest BCUT2D eigenvalue weighted by molar-refractivity contribution is -0.127. The molecule has 0 aliphatic carbocycles. The van der Waals surface area contributed by atoms with Gasteiger partial charge >= 0.3 is 0 Å². The maximum atomic E-state index is 12.4. The van der Waals surface area contributed by atoms with Crippen LogP contribution in [0.4, 0.5) is 5.69 Å². The van der Waals surface area contributed by atoms with Crippen LogP contribution in [-0.2, 0) is 11.2 Å². The minimum atomic E-state index is -0.326. The summed E-state index contributed by atoms with van der Waals surface area (Å²) in [7, 11) is 3.45. The number of benzene rings is 2. The first kappa shape index (κ1) is 22.8. The van der Waals surface area contributed by atoms with Crippen LogP contribution in [0.2, 0.25) is 0 Å². The molecule has 0 aliphatic heterocycles. The Bertz CT molecular complexity index is 899. The minimum absolute atomic E-state index is 0.0319. The Balaban J connectivity index is 1.94. The molecule has 0 aromatic heterocycles. The Morgan fingerprint density at radius 1 is 1.14 bits per heavy atom. The average Bonchev–Trinajstić information content (AvgIpc) is 2.64. The van der Waals surface area contributed by atoms with Crippen LogP contribution in [0.5, 0.6) is 5.75 Å². The monoisotopic (exact) mass is 477 g/mol. The number of halogens is 1. The molecule has 8 heteroatoms. The summed E-state index contributed by atoms with van der Waals surface area (Å²) in [5.74, 6) is 0.377. The van der Waals surface area contributed by atoms with Crippen LogP contribution in [0, 0.1) is 0 Å². The summed E-state index contributed by atoms with van der Waals surface area (Å²) in [6, 6.07) is 12.4. The van der Waals surface area contributed by atoms with Gasteiger partial charge in [-0.25, -0.2) is 0 Å². The van der Waals surface area contributed by atoms with Crippen molar-refractivity contribution in [3.8, 4) is 5.75 Å². The van der Waals surface area contributed by atoms with Crippen molar-refractivity contribution < 1.29 is 14.3 Å². The van der Waals surface area contributed by atoms with Gasteiger partial charge in [0.15, 0.2) is 5.11 Å². The third kappa shape index (κ3) is 7.14. The van der Waals surface area contributed by atoms with Crippen LogP contribution in [0.3, 0.4) is 0 Å². The highest BCUT2D eigenvalue weighted by Gasteiger charge is 2.12. The van der Waals surface area contributed by atoms with Gasteiger partial charge < -0.3 is 15.0 Å². The summed E-state index contributed by atoms with van der Waals surface area (Å²) in [5, 5.41) is 5.80. The van der Waals surface area contributed by atoms with Crippen molar-refractivity contribution in [3.63, 3.8) is 0 Å². The van der Waals surface area contributed by atoms with E-state index in [1.165, 1.54) is 0 Å². The summed E-state index contributed by atoms with van der Waals surface area (Å²) in [4.78, 5) is 25.7. The molecular weight excluding hydrogens is 454 g/mol. The number of likely N-dealkylation sites (N-methyl/N-ethyl adjacent to an activating group) is 1. The van der Waals surface area contributed by atoms with Gasteiger partial charge in [-0.2, -0.15) is 0 Å². The molecule has 0 heterocycles. The van der Waals surface area contributed by atoms with Gasteiger partial charge in [-0.3, -0.25) is 14.9 Å². The molecule has 2 rings (SSSR count). The Labute approximate surface area is 184 Å². The molecule has 0 unspecified atom stereocenters. The van der Waals surface area contributed by atoms with Gasteiger partial charge in [-0.05, 0) is 77.9 Å². The second-order valence-electron chi connectivity index (χ2n) is 6.88. The van der Waals surface area contributed by atoms with E-state index in [1.807, 2.05) is 38.1 Å². The summed E-state index contributed by atoms with van der Waals surface area (Å²) < 4.78 is 6.34. The zero-order valence-electron chi connectivity index (χ0n) is 16.8. The lowest BCUT2D eigenvalue weighted by Gasteiger charge is -2.13. The highest BCUT2D eigenvalue weighted by molar-refractivity contribution is 9.10. The van der Waals surface area contributed by atoms with Crippen LogP contribution < -0.4 is 15.4 Å². The maximum Gasteiger partial charge on any atom is 0.257 e. The first-order valence-electron chi connectivity index (χ1n) is 9.03. The summed E-state index contributed by atoms with van der Waals surface area (Å²) in [6.45, 7) is 3.87. The van der Waals surface area contributed by atoms with Crippen molar-refractivity contribution in [3.05, 3.63) is 58.1 Å². The second-order valence-corrected chi connectivity index (χ2v) is 8.14. The van der Waals surface area contributed by atoms with Crippen molar-refractivity contribution in [2.45, 2.75) is 26.4 Å². The Hall–Kier alpha value is -2.45. The molecule has 6 nitrogen and oxygen atoms in total. The second kappa shape index (κ2) is 10.4. The van der Waals surface area contributed by atoms with Crippen LogP contribution in [0.15, 0.2) is 46.9 Å². The summed E-state index contributed by atoms with van der Waals surface area (Å²) >= 11 is 8.64. The molecule has 2 N–H and O–H groups in total. The van der Waals surface area contributed by atoms with Crippen LogP contribution >= 0.6 is 28.1 Å². The number of hydrogen-bond donors (Lipinski definition) is 2. The van der Waals surface area contributed by atoms with Crippen LogP contribution in [0.1, 0.15) is 29.8 Å². The number of hydrogen-bond acceptors (Lipinski definition) is 4. The number of amides is 2. The van der Waals surface area contributed by atoms with E-state index in [9.17, 15) is 9.59 Å². The Morgan fingerprint density at radius 2 is 1.79 bits per heavy atom. The van der Waals surface area contributed by atoms with Gasteiger partial charge in [0.1, 0.15) is 5.75 Å². The fourth-order valence-electron chi connectivity index (χ4n) is 2.37. The largest absolute Gasteiger partial charge is 0.490 e. The lowest BCUT2D eigenvalue weighted by atomic mass is 10.1. The Morgan fingerprint density at radius 3 is 2.34 bits per heavy atom. The Kier molecular flexibility index (Phi) is 8.16.